The molecule has 1 aliphatic rings. The molecule has 126 valence electrons. The third-order valence-electron chi connectivity index (χ3n) is 4.13. The molecule has 0 radical (unpaired) electrons. The normalized spacial score (nSPS) is 18.1. The number of carbonyl (C=O) groups is 1. The lowest BCUT2D eigenvalue weighted by molar-refractivity contribution is -0.120. The van der Waals surface area contributed by atoms with Crippen LogP contribution in [0.5, 0.6) is 0 Å². The Kier molecular flexibility index (Phi) is 5.01. The molecule has 1 aromatic carbocycles. The number of pyridine rings is 1. The van der Waals surface area contributed by atoms with Crippen molar-refractivity contribution in [1.82, 2.24) is 4.98 Å². The highest BCUT2D eigenvalue weighted by Gasteiger charge is 2.30. The lowest BCUT2D eigenvalue weighted by Gasteiger charge is -2.33. The quantitative estimate of drug-likeness (QED) is 0.736. The van der Waals surface area contributed by atoms with E-state index in [0.717, 1.165) is 6.07 Å². The van der Waals surface area contributed by atoms with E-state index in [1.165, 1.54) is 23.2 Å². The summed E-state index contributed by atoms with van der Waals surface area (Å²) in [5.41, 5.74) is 0.814. The number of nitrogens with zero attached hydrogens (tertiary/aromatic N) is 2. The topological polar surface area (TPSA) is 33.2 Å². The Morgan fingerprint density at radius 3 is 2.75 bits per heavy atom. The van der Waals surface area contributed by atoms with Gasteiger partial charge in [-0.25, -0.2) is 13.8 Å². The van der Waals surface area contributed by atoms with Gasteiger partial charge >= 0.3 is 0 Å². The van der Waals surface area contributed by atoms with E-state index >= 15 is 0 Å². The molecule has 0 spiro atoms. The smallest absolute Gasteiger partial charge is 0.227 e. The molecule has 1 aromatic heterocycles. The molecular weight excluding hydrogens is 357 g/mol. The Bertz CT molecular complexity index is 765. The van der Waals surface area contributed by atoms with Crippen molar-refractivity contribution in [1.29, 1.82) is 0 Å². The van der Waals surface area contributed by atoms with Crippen molar-refractivity contribution >= 4 is 34.8 Å². The Morgan fingerprint density at radius 2 is 2.04 bits per heavy atom. The van der Waals surface area contributed by atoms with Crippen LogP contribution in [0.25, 0.3) is 0 Å². The molecule has 1 fully saturated rings. The van der Waals surface area contributed by atoms with Gasteiger partial charge in [0.1, 0.15) is 17.3 Å². The predicted octanol–water partition coefficient (Wildman–Crippen LogP) is 4.65. The number of benzene rings is 1. The van der Waals surface area contributed by atoms with Crippen molar-refractivity contribution in [2.24, 2.45) is 5.92 Å². The third kappa shape index (κ3) is 3.52. The molecule has 24 heavy (non-hydrogen) atoms. The van der Waals surface area contributed by atoms with Crippen molar-refractivity contribution in [3.63, 3.8) is 0 Å². The van der Waals surface area contributed by atoms with Crippen molar-refractivity contribution < 1.29 is 13.6 Å². The summed E-state index contributed by atoms with van der Waals surface area (Å²) in [7, 11) is 0. The van der Waals surface area contributed by atoms with Crippen LogP contribution in [-0.4, -0.2) is 17.4 Å². The summed E-state index contributed by atoms with van der Waals surface area (Å²) in [5, 5.41) is 0.501. The first-order valence-electron chi connectivity index (χ1n) is 7.50. The van der Waals surface area contributed by atoms with Gasteiger partial charge in [-0.2, -0.15) is 0 Å². The van der Waals surface area contributed by atoms with Crippen molar-refractivity contribution in [2.75, 3.05) is 11.4 Å². The third-order valence-corrected chi connectivity index (χ3v) is 4.71. The molecule has 0 N–H and O–H groups in total. The standard InChI is InChI=1S/C17H14Cl2F2N2O/c18-13-5-6-22-17(19)16(13)23-9-10(1-4-15(23)24)7-11-2-3-12(20)8-14(11)21/h2-3,5-6,8,10H,1,4,7,9H2. The van der Waals surface area contributed by atoms with Gasteiger partial charge in [0.15, 0.2) is 5.15 Å². The number of amides is 1. The molecule has 1 aliphatic heterocycles. The Labute approximate surface area is 148 Å². The van der Waals surface area contributed by atoms with Gasteiger partial charge in [0.2, 0.25) is 5.91 Å². The molecule has 1 unspecified atom stereocenters. The predicted molar refractivity (Wildman–Crippen MR) is 89.4 cm³/mol. The minimum Gasteiger partial charge on any atom is -0.308 e. The van der Waals surface area contributed by atoms with Gasteiger partial charge in [-0.15, -0.1) is 0 Å². The van der Waals surface area contributed by atoms with Crippen molar-refractivity contribution in [2.45, 2.75) is 19.3 Å². The fourth-order valence-electron chi connectivity index (χ4n) is 2.94. The van der Waals surface area contributed by atoms with Crippen LogP contribution in [0.4, 0.5) is 14.5 Å². The first kappa shape index (κ1) is 17.1. The van der Waals surface area contributed by atoms with Crippen LogP contribution in [-0.2, 0) is 11.2 Å². The number of rotatable bonds is 3. The van der Waals surface area contributed by atoms with Crippen LogP contribution in [0.1, 0.15) is 18.4 Å². The minimum atomic E-state index is -0.606. The molecule has 0 saturated carbocycles. The van der Waals surface area contributed by atoms with E-state index in [1.54, 1.807) is 6.07 Å². The van der Waals surface area contributed by atoms with Crippen LogP contribution in [0.2, 0.25) is 10.2 Å². The molecule has 2 heterocycles. The van der Waals surface area contributed by atoms with Gasteiger partial charge in [-0.05, 0) is 36.5 Å². The maximum absolute atomic E-state index is 13.9. The summed E-state index contributed by atoms with van der Waals surface area (Å²) in [4.78, 5) is 17.7. The Hall–Kier alpha value is -1.72. The highest BCUT2D eigenvalue weighted by Crippen LogP contribution is 2.35. The van der Waals surface area contributed by atoms with E-state index in [9.17, 15) is 13.6 Å². The zero-order valence-electron chi connectivity index (χ0n) is 12.6. The number of anilines is 1. The zero-order valence-corrected chi connectivity index (χ0v) is 14.1. The maximum atomic E-state index is 13.9. The minimum absolute atomic E-state index is 0.0231. The highest BCUT2D eigenvalue weighted by molar-refractivity contribution is 6.39. The second-order valence-electron chi connectivity index (χ2n) is 5.78. The summed E-state index contributed by atoms with van der Waals surface area (Å²) < 4.78 is 26.9. The number of hydrogen-bond donors (Lipinski definition) is 0. The van der Waals surface area contributed by atoms with E-state index in [0.29, 0.717) is 42.1 Å². The highest BCUT2D eigenvalue weighted by atomic mass is 35.5. The average Bonchev–Trinajstić information content (AvgIpc) is 2.53. The first-order chi connectivity index (χ1) is 11.5. The summed E-state index contributed by atoms with van der Waals surface area (Å²) in [6, 6.07) is 5.11. The molecule has 7 heteroatoms. The van der Waals surface area contributed by atoms with Crippen LogP contribution >= 0.6 is 23.2 Å². The van der Waals surface area contributed by atoms with Gasteiger partial charge in [-0.3, -0.25) is 4.79 Å². The SMILES string of the molecule is O=C1CCC(Cc2ccc(F)cc2F)CN1c1c(Cl)ccnc1Cl. The van der Waals surface area contributed by atoms with E-state index in [2.05, 4.69) is 4.98 Å². The molecule has 1 atom stereocenters. The number of aromatic nitrogens is 1. The van der Waals surface area contributed by atoms with Gasteiger partial charge in [0.25, 0.3) is 0 Å². The lowest BCUT2D eigenvalue weighted by Crippen LogP contribution is -2.41. The van der Waals surface area contributed by atoms with E-state index in [-0.39, 0.29) is 17.0 Å². The van der Waals surface area contributed by atoms with Crippen LogP contribution in [0.3, 0.4) is 0 Å². The molecule has 2 aromatic rings. The van der Waals surface area contributed by atoms with Gasteiger partial charge in [0.05, 0.1) is 5.02 Å². The monoisotopic (exact) mass is 370 g/mol. The molecule has 1 amide bonds. The second-order valence-corrected chi connectivity index (χ2v) is 6.55. The van der Waals surface area contributed by atoms with Crippen molar-refractivity contribution in [3.8, 4) is 0 Å². The fraction of sp³-hybridized carbons (Fsp3) is 0.294. The number of halogens is 4. The van der Waals surface area contributed by atoms with E-state index < -0.39 is 11.6 Å². The van der Waals surface area contributed by atoms with Gasteiger partial charge < -0.3 is 4.90 Å². The average molecular weight is 371 g/mol. The van der Waals surface area contributed by atoms with Gasteiger partial charge in [0, 0.05) is 25.2 Å². The summed E-state index contributed by atoms with van der Waals surface area (Å²) in [6.45, 7) is 0.362. The Morgan fingerprint density at radius 1 is 1.25 bits per heavy atom. The van der Waals surface area contributed by atoms with E-state index in [1.807, 2.05) is 0 Å². The molecule has 3 nitrogen and oxygen atoms in total. The molecule has 0 aliphatic carbocycles. The van der Waals surface area contributed by atoms with Crippen molar-refractivity contribution in [3.05, 3.63) is 57.8 Å². The summed E-state index contributed by atoms with van der Waals surface area (Å²) in [5.74, 6) is -1.25. The van der Waals surface area contributed by atoms with Crippen LogP contribution in [0.15, 0.2) is 30.5 Å². The fourth-order valence-corrected chi connectivity index (χ4v) is 3.50. The Balaban J connectivity index is 1.82. The number of piperidine rings is 1. The zero-order chi connectivity index (χ0) is 17.3. The molecule has 1 saturated heterocycles. The second kappa shape index (κ2) is 7.03. The lowest BCUT2D eigenvalue weighted by atomic mass is 9.90. The number of hydrogen-bond acceptors (Lipinski definition) is 2. The first-order valence-corrected chi connectivity index (χ1v) is 8.25. The van der Waals surface area contributed by atoms with Crippen LogP contribution in [0, 0.1) is 17.6 Å². The summed E-state index contributed by atoms with van der Waals surface area (Å²) >= 11 is 12.2. The molecule has 3 rings (SSSR count). The molecular formula is C17H14Cl2F2N2O. The largest absolute Gasteiger partial charge is 0.308 e. The number of carbonyl (C=O) groups excluding carboxylic acids is 1. The van der Waals surface area contributed by atoms with E-state index in [4.69, 9.17) is 23.2 Å². The van der Waals surface area contributed by atoms with Crippen LogP contribution < -0.4 is 4.90 Å². The summed E-state index contributed by atoms with van der Waals surface area (Å²) in [6.07, 6.45) is 2.82. The maximum Gasteiger partial charge on any atom is 0.227 e. The molecule has 0 bridgehead atoms. The van der Waals surface area contributed by atoms with Gasteiger partial charge in [-0.1, -0.05) is 29.3 Å².